The Hall–Kier alpha value is -3.39. The van der Waals surface area contributed by atoms with Gasteiger partial charge in [0.1, 0.15) is 5.39 Å². The third-order valence-corrected chi connectivity index (χ3v) is 5.21. The highest BCUT2D eigenvalue weighted by molar-refractivity contribution is 7.99. The molecule has 8 heteroatoms. The first-order valence-electron chi connectivity index (χ1n) is 9.04. The molecule has 0 unspecified atom stereocenters. The molecule has 2 aromatic heterocycles. The molecule has 0 saturated carbocycles. The van der Waals surface area contributed by atoms with Gasteiger partial charge in [0.2, 0.25) is 5.91 Å². The topological polar surface area (TPSA) is 92.7 Å². The lowest BCUT2D eigenvalue weighted by Crippen LogP contribution is -2.15. The van der Waals surface area contributed by atoms with Crippen LogP contribution in [0.3, 0.4) is 0 Å². The van der Waals surface area contributed by atoms with E-state index in [0.717, 1.165) is 22.5 Å². The summed E-state index contributed by atoms with van der Waals surface area (Å²) in [6, 6.07) is 15.4. The summed E-state index contributed by atoms with van der Waals surface area (Å²) in [6.45, 7) is 3.97. The molecule has 0 aliphatic rings. The summed E-state index contributed by atoms with van der Waals surface area (Å²) < 4.78 is 1.63. The summed E-state index contributed by atoms with van der Waals surface area (Å²) in [5.41, 5.74) is 3.93. The molecular formula is C21H19N5O2S. The normalized spacial score (nSPS) is 11.0. The van der Waals surface area contributed by atoms with Crippen molar-refractivity contribution in [2.45, 2.75) is 19.0 Å². The molecule has 0 radical (unpaired) electrons. The van der Waals surface area contributed by atoms with E-state index in [9.17, 15) is 9.59 Å². The molecular weight excluding hydrogens is 386 g/mol. The number of rotatable bonds is 5. The highest BCUT2D eigenvalue weighted by atomic mass is 32.2. The molecule has 0 aliphatic heterocycles. The standard InChI is InChI=1S/C21H19N5O2S/c1-13-6-8-16(9-7-13)26-19-17(11-22-26)20(28)25-21(24-19)29-12-18(27)23-15-5-3-4-14(2)10-15/h3-11H,12H2,1-2H3,(H,23,27)(H,24,25,28). The number of fused-ring (bicyclic) bond motifs is 1. The predicted octanol–water partition coefficient (Wildman–Crippen LogP) is 3.46. The second-order valence-corrected chi connectivity index (χ2v) is 7.67. The van der Waals surface area contributed by atoms with Gasteiger partial charge < -0.3 is 10.3 Å². The summed E-state index contributed by atoms with van der Waals surface area (Å²) in [5, 5.41) is 7.92. The van der Waals surface area contributed by atoms with Gasteiger partial charge in [-0.15, -0.1) is 0 Å². The summed E-state index contributed by atoms with van der Waals surface area (Å²) in [6.07, 6.45) is 1.50. The minimum absolute atomic E-state index is 0.126. The van der Waals surface area contributed by atoms with Crippen molar-refractivity contribution < 1.29 is 4.79 Å². The zero-order valence-electron chi connectivity index (χ0n) is 16.0. The third-order valence-electron chi connectivity index (χ3n) is 4.34. The smallest absolute Gasteiger partial charge is 0.262 e. The summed E-state index contributed by atoms with van der Waals surface area (Å²) in [7, 11) is 0. The number of nitrogens with zero attached hydrogens (tertiary/aromatic N) is 3. The Labute approximate surface area is 171 Å². The zero-order valence-corrected chi connectivity index (χ0v) is 16.8. The number of nitrogens with one attached hydrogen (secondary N) is 2. The molecule has 0 spiro atoms. The minimum atomic E-state index is -0.282. The van der Waals surface area contributed by atoms with Gasteiger partial charge in [-0.05, 0) is 43.7 Å². The molecule has 4 aromatic rings. The number of hydrogen-bond acceptors (Lipinski definition) is 5. The number of benzene rings is 2. The van der Waals surface area contributed by atoms with E-state index in [1.54, 1.807) is 4.68 Å². The Morgan fingerprint density at radius 1 is 1.14 bits per heavy atom. The fourth-order valence-electron chi connectivity index (χ4n) is 2.90. The Bertz CT molecular complexity index is 1240. The second kappa shape index (κ2) is 7.92. The summed E-state index contributed by atoms with van der Waals surface area (Å²) >= 11 is 1.17. The number of aromatic amines is 1. The van der Waals surface area contributed by atoms with E-state index in [4.69, 9.17) is 0 Å². The summed E-state index contributed by atoms with van der Waals surface area (Å²) in [4.78, 5) is 31.9. The van der Waals surface area contributed by atoms with Gasteiger partial charge in [-0.3, -0.25) is 9.59 Å². The maximum atomic E-state index is 12.4. The first-order valence-corrected chi connectivity index (χ1v) is 10.0. The van der Waals surface area contributed by atoms with Gasteiger partial charge in [-0.1, -0.05) is 41.6 Å². The van der Waals surface area contributed by atoms with Crippen LogP contribution in [0.2, 0.25) is 0 Å². The fourth-order valence-corrected chi connectivity index (χ4v) is 3.55. The molecule has 4 rings (SSSR count). The Balaban J connectivity index is 1.55. The van der Waals surface area contributed by atoms with Crippen molar-refractivity contribution in [1.29, 1.82) is 0 Å². The van der Waals surface area contributed by atoms with E-state index in [-0.39, 0.29) is 17.2 Å². The number of carbonyl (C=O) groups is 1. The number of H-pyrrole nitrogens is 1. The van der Waals surface area contributed by atoms with Gasteiger partial charge in [0.25, 0.3) is 5.56 Å². The lowest BCUT2D eigenvalue weighted by Gasteiger charge is -2.06. The van der Waals surface area contributed by atoms with Crippen LogP contribution in [0, 0.1) is 13.8 Å². The van der Waals surface area contributed by atoms with Crippen molar-refractivity contribution in [3.8, 4) is 5.69 Å². The van der Waals surface area contributed by atoms with Gasteiger partial charge in [0.15, 0.2) is 10.8 Å². The van der Waals surface area contributed by atoms with Crippen molar-refractivity contribution in [1.82, 2.24) is 19.7 Å². The number of carbonyl (C=O) groups excluding carboxylic acids is 1. The van der Waals surface area contributed by atoms with E-state index in [0.29, 0.717) is 16.2 Å². The van der Waals surface area contributed by atoms with E-state index in [1.165, 1.54) is 18.0 Å². The number of aromatic nitrogens is 4. The molecule has 2 N–H and O–H groups in total. The Morgan fingerprint density at radius 2 is 1.93 bits per heavy atom. The van der Waals surface area contributed by atoms with E-state index in [1.807, 2.05) is 62.4 Å². The number of aryl methyl sites for hydroxylation is 2. The van der Waals surface area contributed by atoms with Crippen molar-refractivity contribution >= 4 is 34.4 Å². The average Bonchev–Trinajstić information content (AvgIpc) is 3.12. The lowest BCUT2D eigenvalue weighted by atomic mass is 10.2. The number of hydrogen-bond donors (Lipinski definition) is 2. The highest BCUT2D eigenvalue weighted by Crippen LogP contribution is 2.19. The molecule has 146 valence electrons. The molecule has 7 nitrogen and oxygen atoms in total. The number of anilines is 1. The van der Waals surface area contributed by atoms with Crippen molar-refractivity contribution in [3.05, 3.63) is 76.2 Å². The third kappa shape index (κ3) is 4.22. The zero-order chi connectivity index (χ0) is 20.4. The fraction of sp³-hybridized carbons (Fsp3) is 0.143. The first kappa shape index (κ1) is 18.9. The molecule has 0 saturated heterocycles. The molecule has 2 heterocycles. The van der Waals surface area contributed by atoms with Crippen LogP contribution in [-0.4, -0.2) is 31.4 Å². The van der Waals surface area contributed by atoms with Gasteiger partial charge in [-0.2, -0.15) is 5.10 Å². The van der Waals surface area contributed by atoms with Crippen LogP contribution in [0.25, 0.3) is 16.7 Å². The Morgan fingerprint density at radius 3 is 2.69 bits per heavy atom. The quantitative estimate of drug-likeness (QED) is 0.392. The summed E-state index contributed by atoms with van der Waals surface area (Å²) in [5.74, 6) is -0.0449. The monoisotopic (exact) mass is 405 g/mol. The van der Waals surface area contributed by atoms with Gasteiger partial charge in [-0.25, -0.2) is 9.67 Å². The maximum Gasteiger partial charge on any atom is 0.262 e. The highest BCUT2D eigenvalue weighted by Gasteiger charge is 2.13. The van der Waals surface area contributed by atoms with E-state index in [2.05, 4.69) is 20.4 Å². The molecule has 29 heavy (non-hydrogen) atoms. The van der Waals surface area contributed by atoms with Crippen LogP contribution < -0.4 is 10.9 Å². The molecule has 2 aromatic carbocycles. The maximum absolute atomic E-state index is 12.4. The van der Waals surface area contributed by atoms with Crippen LogP contribution in [-0.2, 0) is 4.79 Å². The van der Waals surface area contributed by atoms with Crippen molar-refractivity contribution in [2.75, 3.05) is 11.1 Å². The van der Waals surface area contributed by atoms with Crippen LogP contribution >= 0.6 is 11.8 Å². The first-order chi connectivity index (χ1) is 14.0. The van der Waals surface area contributed by atoms with Gasteiger partial charge in [0.05, 0.1) is 17.6 Å². The van der Waals surface area contributed by atoms with Crippen LogP contribution in [0.5, 0.6) is 0 Å². The van der Waals surface area contributed by atoms with Crippen molar-refractivity contribution in [2.24, 2.45) is 0 Å². The molecule has 0 atom stereocenters. The Kier molecular flexibility index (Phi) is 5.18. The van der Waals surface area contributed by atoms with Gasteiger partial charge >= 0.3 is 0 Å². The number of amides is 1. The van der Waals surface area contributed by atoms with Crippen LogP contribution in [0.1, 0.15) is 11.1 Å². The molecule has 1 amide bonds. The SMILES string of the molecule is Cc1ccc(-n2ncc3c(=O)[nH]c(SCC(=O)Nc4cccc(C)c4)nc32)cc1. The minimum Gasteiger partial charge on any atom is -0.325 e. The molecule has 0 fully saturated rings. The number of thioether (sulfide) groups is 1. The molecule has 0 aliphatic carbocycles. The lowest BCUT2D eigenvalue weighted by molar-refractivity contribution is -0.113. The van der Waals surface area contributed by atoms with Gasteiger partial charge in [0, 0.05) is 5.69 Å². The average molecular weight is 405 g/mol. The second-order valence-electron chi connectivity index (χ2n) is 6.71. The largest absolute Gasteiger partial charge is 0.325 e. The van der Waals surface area contributed by atoms with E-state index < -0.39 is 0 Å². The molecule has 0 bridgehead atoms. The van der Waals surface area contributed by atoms with Crippen molar-refractivity contribution in [3.63, 3.8) is 0 Å². The predicted molar refractivity (Wildman–Crippen MR) is 115 cm³/mol. The van der Waals surface area contributed by atoms with Crippen LogP contribution in [0.4, 0.5) is 5.69 Å². The van der Waals surface area contributed by atoms with Crippen LogP contribution in [0.15, 0.2) is 64.7 Å². The van der Waals surface area contributed by atoms with E-state index >= 15 is 0 Å².